The van der Waals surface area contributed by atoms with Crippen molar-refractivity contribution in [1.29, 1.82) is 0 Å². The zero-order chi connectivity index (χ0) is 24.9. The highest BCUT2D eigenvalue weighted by Crippen LogP contribution is 2.31. The van der Waals surface area contributed by atoms with Crippen LogP contribution in [0.5, 0.6) is 11.6 Å². The van der Waals surface area contributed by atoms with Crippen molar-refractivity contribution in [2.45, 2.75) is 51.5 Å². The maximum atomic E-state index is 13.8. The second-order valence-electron chi connectivity index (χ2n) is 9.07. The Hall–Kier alpha value is -3.61. The van der Waals surface area contributed by atoms with Gasteiger partial charge >= 0.3 is 0 Å². The van der Waals surface area contributed by atoms with Crippen molar-refractivity contribution in [3.63, 3.8) is 0 Å². The van der Waals surface area contributed by atoms with E-state index in [9.17, 15) is 14.7 Å². The van der Waals surface area contributed by atoms with Crippen LogP contribution in [-0.4, -0.2) is 45.7 Å². The number of aryl methyl sites for hydroxylation is 1. The SMILES string of the molecule is CCCCc1nc(O)c(C(=O)N2CC[C@@H](c3ccccc3)C2)c(=O)n1[C@@H](C)c1ccccc1OC. The molecule has 184 valence electrons. The van der Waals surface area contributed by atoms with Crippen LogP contribution in [0.2, 0.25) is 0 Å². The molecule has 0 aliphatic carbocycles. The molecule has 1 aromatic heterocycles. The smallest absolute Gasteiger partial charge is 0.270 e. The third kappa shape index (κ3) is 4.94. The average Bonchev–Trinajstić information content (AvgIpc) is 3.38. The zero-order valence-electron chi connectivity index (χ0n) is 20.6. The summed E-state index contributed by atoms with van der Waals surface area (Å²) in [4.78, 5) is 33.4. The van der Waals surface area contributed by atoms with E-state index in [0.29, 0.717) is 31.1 Å². The Morgan fingerprint density at radius 3 is 2.60 bits per heavy atom. The number of hydrogen-bond donors (Lipinski definition) is 1. The average molecular weight is 476 g/mol. The molecule has 2 aromatic carbocycles. The van der Waals surface area contributed by atoms with Crippen LogP contribution in [0.3, 0.4) is 0 Å². The molecule has 7 nitrogen and oxygen atoms in total. The lowest BCUT2D eigenvalue weighted by Crippen LogP contribution is -2.38. The number of amides is 1. The fourth-order valence-corrected chi connectivity index (χ4v) is 4.91. The van der Waals surface area contributed by atoms with Gasteiger partial charge in [-0.1, -0.05) is 61.9 Å². The number of carbonyl (C=O) groups excluding carboxylic acids is 1. The highest BCUT2D eigenvalue weighted by atomic mass is 16.5. The molecular formula is C28H33N3O4. The number of aromatic nitrogens is 2. The lowest BCUT2D eigenvalue weighted by Gasteiger charge is -2.23. The summed E-state index contributed by atoms with van der Waals surface area (Å²) in [7, 11) is 1.59. The standard InChI is InChI=1S/C28H33N3O4/c1-4-5-15-24-29-26(32)25(27(33)30-17-16-21(18-30)20-11-7-6-8-12-20)28(34)31(24)19(2)22-13-9-10-14-23(22)35-3/h6-14,19,21,32H,4-5,15-18H2,1-3H3/t19-,21+/m0/s1. The first-order valence-electron chi connectivity index (χ1n) is 12.3. The Kier molecular flexibility index (Phi) is 7.54. The van der Waals surface area contributed by atoms with Gasteiger partial charge in [0.1, 0.15) is 11.6 Å². The van der Waals surface area contributed by atoms with E-state index in [4.69, 9.17) is 4.74 Å². The minimum Gasteiger partial charge on any atom is -0.496 e. The van der Waals surface area contributed by atoms with Crippen molar-refractivity contribution in [3.05, 3.63) is 87.5 Å². The van der Waals surface area contributed by atoms with Crippen molar-refractivity contribution in [1.82, 2.24) is 14.5 Å². The van der Waals surface area contributed by atoms with Gasteiger partial charge in [-0.05, 0) is 31.4 Å². The summed E-state index contributed by atoms with van der Waals surface area (Å²) >= 11 is 0. The maximum Gasteiger partial charge on any atom is 0.270 e. The van der Waals surface area contributed by atoms with E-state index in [1.807, 2.05) is 49.4 Å². The van der Waals surface area contributed by atoms with Crippen LogP contribution in [0.1, 0.15) is 72.4 Å². The summed E-state index contributed by atoms with van der Waals surface area (Å²) in [5, 5.41) is 10.8. The molecule has 1 fully saturated rings. The molecule has 0 saturated carbocycles. The van der Waals surface area contributed by atoms with Gasteiger partial charge in [0.05, 0.1) is 13.2 Å². The van der Waals surface area contributed by atoms with E-state index in [-0.39, 0.29) is 11.5 Å². The first-order chi connectivity index (χ1) is 17.0. The van der Waals surface area contributed by atoms with Gasteiger partial charge in [-0.15, -0.1) is 0 Å². The monoisotopic (exact) mass is 475 g/mol. The number of unbranched alkanes of at least 4 members (excludes halogenated alkanes) is 1. The van der Waals surface area contributed by atoms with Crippen molar-refractivity contribution in [2.24, 2.45) is 0 Å². The minimum atomic E-state index is -0.518. The molecule has 35 heavy (non-hydrogen) atoms. The molecule has 3 aromatic rings. The van der Waals surface area contributed by atoms with Crippen LogP contribution in [-0.2, 0) is 6.42 Å². The van der Waals surface area contributed by atoms with E-state index in [2.05, 4.69) is 24.0 Å². The van der Waals surface area contributed by atoms with E-state index >= 15 is 0 Å². The first kappa shape index (κ1) is 24.5. The molecule has 4 rings (SSSR count). The van der Waals surface area contributed by atoms with Gasteiger partial charge < -0.3 is 14.7 Å². The molecule has 2 atom stereocenters. The van der Waals surface area contributed by atoms with Crippen LogP contribution in [0.15, 0.2) is 59.4 Å². The largest absolute Gasteiger partial charge is 0.496 e. The molecular weight excluding hydrogens is 442 g/mol. The van der Waals surface area contributed by atoms with Gasteiger partial charge in [0.25, 0.3) is 11.5 Å². The highest BCUT2D eigenvalue weighted by molar-refractivity contribution is 5.96. The fraction of sp³-hybridized carbons (Fsp3) is 0.393. The lowest BCUT2D eigenvalue weighted by atomic mass is 9.99. The number of aromatic hydroxyl groups is 1. The number of nitrogens with zero attached hydrogens (tertiary/aromatic N) is 3. The van der Waals surface area contributed by atoms with Crippen LogP contribution >= 0.6 is 0 Å². The van der Waals surface area contributed by atoms with Crippen LogP contribution < -0.4 is 10.3 Å². The van der Waals surface area contributed by atoms with Crippen LogP contribution in [0.25, 0.3) is 0 Å². The quantitative estimate of drug-likeness (QED) is 0.517. The Labute approximate surface area is 206 Å². The third-order valence-corrected chi connectivity index (χ3v) is 6.86. The predicted octanol–water partition coefficient (Wildman–Crippen LogP) is 4.54. The third-order valence-electron chi connectivity index (χ3n) is 6.86. The molecule has 0 bridgehead atoms. The molecule has 1 aliphatic heterocycles. The van der Waals surface area contributed by atoms with Gasteiger partial charge in [-0.25, -0.2) is 0 Å². The second-order valence-corrected chi connectivity index (χ2v) is 9.07. The Bertz CT molecular complexity index is 1240. The number of hydrogen-bond acceptors (Lipinski definition) is 5. The van der Waals surface area contributed by atoms with Gasteiger partial charge in [-0.3, -0.25) is 14.2 Å². The van der Waals surface area contributed by atoms with Crippen molar-refractivity contribution >= 4 is 5.91 Å². The van der Waals surface area contributed by atoms with Gasteiger partial charge in [-0.2, -0.15) is 4.98 Å². The molecule has 1 aliphatic rings. The van der Waals surface area contributed by atoms with Crippen molar-refractivity contribution < 1.29 is 14.6 Å². The number of methoxy groups -OCH3 is 1. The molecule has 7 heteroatoms. The summed E-state index contributed by atoms with van der Waals surface area (Å²) < 4.78 is 7.07. The van der Waals surface area contributed by atoms with Crippen molar-refractivity contribution in [3.8, 4) is 11.6 Å². The first-order valence-corrected chi connectivity index (χ1v) is 12.3. The topological polar surface area (TPSA) is 84.7 Å². The number of benzene rings is 2. The Morgan fingerprint density at radius 1 is 1.17 bits per heavy atom. The molecule has 0 spiro atoms. The number of carbonyl (C=O) groups is 1. The van der Waals surface area contributed by atoms with E-state index in [1.54, 1.807) is 16.6 Å². The molecule has 1 saturated heterocycles. The van der Waals surface area contributed by atoms with Gasteiger partial charge in [0.2, 0.25) is 5.88 Å². The summed E-state index contributed by atoms with van der Waals surface area (Å²) in [6, 6.07) is 17.1. The Morgan fingerprint density at radius 2 is 1.89 bits per heavy atom. The summed E-state index contributed by atoms with van der Waals surface area (Å²) in [6.07, 6.45) is 3.05. The summed E-state index contributed by atoms with van der Waals surface area (Å²) in [5.41, 5.74) is 1.20. The molecule has 1 N–H and O–H groups in total. The second kappa shape index (κ2) is 10.8. The van der Waals surface area contributed by atoms with E-state index in [1.165, 1.54) is 5.56 Å². The van der Waals surface area contributed by atoms with Crippen molar-refractivity contribution in [2.75, 3.05) is 20.2 Å². The normalized spacial score (nSPS) is 16.3. The fourth-order valence-electron chi connectivity index (χ4n) is 4.91. The minimum absolute atomic E-state index is 0.203. The van der Waals surface area contributed by atoms with Gasteiger partial charge in [0.15, 0.2) is 5.56 Å². The van der Waals surface area contributed by atoms with Gasteiger partial charge in [0, 0.05) is 31.0 Å². The maximum absolute atomic E-state index is 13.8. The summed E-state index contributed by atoms with van der Waals surface area (Å²) in [6.45, 7) is 4.97. The Balaban J connectivity index is 1.73. The number of rotatable bonds is 8. The highest BCUT2D eigenvalue weighted by Gasteiger charge is 2.33. The predicted molar refractivity (Wildman–Crippen MR) is 135 cm³/mol. The lowest BCUT2D eigenvalue weighted by molar-refractivity contribution is 0.0783. The molecule has 2 heterocycles. The number of likely N-dealkylation sites (tertiary alicyclic amines) is 1. The molecule has 0 unspecified atom stereocenters. The number of para-hydroxylation sites is 1. The zero-order valence-corrected chi connectivity index (χ0v) is 20.6. The van der Waals surface area contributed by atoms with E-state index < -0.39 is 23.4 Å². The van der Waals surface area contributed by atoms with Crippen LogP contribution in [0, 0.1) is 0 Å². The summed E-state index contributed by atoms with van der Waals surface area (Å²) in [5.74, 6) is 0.362. The molecule has 1 amide bonds. The number of ether oxygens (including phenoxy) is 1. The van der Waals surface area contributed by atoms with E-state index in [0.717, 1.165) is 24.8 Å². The van der Waals surface area contributed by atoms with Crippen LogP contribution in [0.4, 0.5) is 0 Å². The molecule has 0 radical (unpaired) electrons.